The second-order valence-electron chi connectivity index (χ2n) is 8.35. The summed E-state index contributed by atoms with van der Waals surface area (Å²) in [5.74, 6) is 1.03. The number of hydrogen-bond acceptors (Lipinski definition) is 7. The van der Waals surface area contributed by atoms with Crippen molar-refractivity contribution in [1.82, 2.24) is 15.0 Å². The second kappa shape index (κ2) is 9.49. The molecule has 1 aromatic carbocycles. The summed E-state index contributed by atoms with van der Waals surface area (Å²) in [6.07, 6.45) is 2.26. The fourth-order valence-corrected chi connectivity index (χ4v) is 3.52. The van der Waals surface area contributed by atoms with Crippen LogP contribution in [-0.4, -0.2) is 47.4 Å². The molecule has 0 unspecified atom stereocenters. The van der Waals surface area contributed by atoms with Crippen molar-refractivity contribution in [2.45, 2.75) is 52.0 Å². The molecule has 2 aromatic rings. The molecule has 3 N–H and O–H groups in total. The fraction of sp³-hybridized carbons (Fsp3) is 0.550. The lowest BCUT2D eigenvalue weighted by Crippen LogP contribution is -2.28. The maximum absolute atomic E-state index is 11.7. The van der Waals surface area contributed by atoms with Crippen LogP contribution in [0.3, 0.4) is 0 Å². The highest BCUT2D eigenvalue weighted by molar-refractivity contribution is 7.91. The number of benzene rings is 1. The van der Waals surface area contributed by atoms with E-state index in [1.54, 1.807) is 0 Å². The lowest BCUT2D eigenvalue weighted by Gasteiger charge is -2.25. The Morgan fingerprint density at radius 3 is 2.24 bits per heavy atom. The van der Waals surface area contributed by atoms with E-state index in [9.17, 15) is 13.5 Å². The highest BCUT2D eigenvalue weighted by atomic mass is 32.2. The third-order valence-corrected chi connectivity index (χ3v) is 4.98. The average Bonchev–Trinajstić information content (AvgIpc) is 2.59. The van der Waals surface area contributed by atoms with Crippen LogP contribution in [0.15, 0.2) is 30.3 Å². The summed E-state index contributed by atoms with van der Waals surface area (Å²) in [6.45, 7) is 8.20. The van der Waals surface area contributed by atoms with Crippen molar-refractivity contribution < 1.29 is 13.5 Å². The molecular formula is C20H31N5O3S. The van der Waals surface area contributed by atoms with Crippen molar-refractivity contribution in [2.75, 3.05) is 22.9 Å². The normalized spacial score (nSPS) is 13.3. The first kappa shape index (κ1) is 23.0. The third kappa shape index (κ3) is 7.58. The van der Waals surface area contributed by atoms with Crippen LogP contribution in [0.25, 0.3) is 0 Å². The molecule has 0 amide bonds. The number of aliphatic hydroxyl groups is 1. The van der Waals surface area contributed by atoms with Gasteiger partial charge in [-0.25, -0.2) is 8.42 Å². The van der Waals surface area contributed by atoms with Crippen molar-refractivity contribution in [3.05, 3.63) is 41.7 Å². The molecule has 29 heavy (non-hydrogen) atoms. The molecule has 1 heterocycles. The number of aromatic nitrogens is 3. The zero-order chi connectivity index (χ0) is 21.7. The van der Waals surface area contributed by atoms with E-state index in [1.165, 1.54) is 0 Å². The zero-order valence-electron chi connectivity index (χ0n) is 17.7. The Hall–Kier alpha value is -2.26. The van der Waals surface area contributed by atoms with Gasteiger partial charge in [0.1, 0.15) is 5.82 Å². The second-order valence-corrected chi connectivity index (χ2v) is 10.1. The lowest BCUT2D eigenvalue weighted by molar-refractivity contribution is 0.259. The van der Waals surface area contributed by atoms with Crippen LogP contribution in [-0.2, 0) is 21.9 Å². The van der Waals surface area contributed by atoms with Gasteiger partial charge in [-0.15, -0.1) is 0 Å². The highest BCUT2D eigenvalue weighted by Crippen LogP contribution is 2.27. The van der Waals surface area contributed by atoms with Gasteiger partial charge >= 0.3 is 0 Å². The van der Waals surface area contributed by atoms with Crippen molar-refractivity contribution in [1.29, 1.82) is 0 Å². The monoisotopic (exact) mass is 421 g/mol. The smallest absolute Gasteiger partial charge is 0.241 e. The van der Waals surface area contributed by atoms with Crippen LogP contribution in [0.5, 0.6) is 0 Å². The average molecular weight is 422 g/mol. The Morgan fingerprint density at radius 1 is 1.07 bits per heavy atom. The minimum atomic E-state index is -3.54. The molecular weight excluding hydrogens is 390 g/mol. The minimum absolute atomic E-state index is 0.0369. The van der Waals surface area contributed by atoms with E-state index < -0.39 is 10.0 Å². The minimum Gasteiger partial charge on any atom is -0.394 e. The molecule has 0 aliphatic heterocycles. The topological polar surface area (TPSA) is 117 Å². The van der Waals surface area contributed by atoms with E-state index in [4.69, 9.17) is 0 Å². The molecule has 0 bridgehead atoms. The summed E-state index contributed by atoms with van der Waals surface area (Å²) in [5, 5.41) is 12.8. The van der Waals surface area contributed by atoms with E-state index >= 15 is 0 Å². The fourth-order valence-electron chi connectivity index (χ4n) is 3.09. The van der Waals surface area contributed by atoms with Crippen LogP contribution >= 0.6 is 0 Å². The highest BCUT2D eigenvalue weighted by Gasteiger charge is 2.24. The molecule has 1 aromatic heterocycles. The van der Waals surface area contributed by atoms with Crippen LogP contribution < -0.4 is 10.0 Å². The first-order valence-corrected chi connectivity index (χ1v) is 11.5. The Labute approximate surface area is 173 Å². The van der Waals surface area contributed by atoms with Gasteiger partial charge in [-0.05, 0) is 23.3 Å². The Bertz CT molecular complexity index is 902. The first-order valence-electron chi connectivity index (χ1n) is 9.64. The summed E-state index contributed by atoms with van der Waals surface area (Å²) in [4.78, 5) is 13.0. The molecule has 0 radical (unpaired) electrons. The molecule has 1 atom stereocenters. The van der Waals surface area contributed by atoms with Gasteiger partial charge in [0.05, 0.1) is 18.9 Å². The van der Waals surface area contributed by atoms with Gasteiger partial charge in [0.2, 0.25) is 21.9 Å². The van der Waals surface area contributed by atoms with Crippen molar-refractivity contribution in [3.8, 4) is 0 Å². The maximum atomic E-state index is 11.7. The van der Waals surface area contributed by atoms with Crippen LogP contribution in [0, 0.1) is 5.92 Å². The standard InChI is InChI=1S/C20H31N5O3S/c1-14(2)11-16(13-26)21-18-22-17(23-19(24-18)25-29(5,27)28)12-20(3,4)15-9-7-6-8-10-15/h6-10,14,16,26H,11-13H2,1-5H3,(H2,21,22,23,24,25)/t16-/m1/s1. The summed E-state index contributed by atoms with van der Waals surface area (Å²) >= 11 is 0. The Morgan fingerprint density at radius 2 is 1.69 bits per heavy atom. The van der Waals surface area contributed by atoms with Crippen LogP contribution in [0.4, 0.5) is 11.9 Å². The van der Waals surface area contributed by atoms with E-state index in [2.05, 4.69) is 52.7 Å². The van der Waals surface area contributed by atoms with Gasteiger partial charge in [-0.3, -0.25) is 4.72 Å². The molecule has 8 nitrogen and oxygen atoms in total. The predicted molar refractivity (Wildman–Crippen MR) is 115 cm³/mol. The SMILES string of the molecule is CC(C)C[C@H](CO)Nc1nc(CC(C)(C)c2ccccc2)nc(NS(C)(=O)=O)n1. The summed E-state index contributed by atoms with van der Waals surface area (Å²) in [5.41, 5.74) is 0.858. The quantitative estimate of drug-likeness (QED) is 0.540. The molecule has 0 saturated carbocycles. The van der Waals surface area contributed by atoms with Gasteiger partial charge < -0.3 is 10.4 Å². The van der Waals surface area contributed by atoms with E-state index in [0.29, 0.717) is 18.2 Å². The Balaban J connectivity index is 2.36. The molecule has 0 spiro atoms. The Kier molecular flexibility index (Phi) is 7.54. The number of aliphatic hydroxyl groups excluding tert-OH is 1. The van der Waals surface area contributed by atoms with Gasteiger partial charge in [-0.1, -0.05) is 58.0 Å². The van der Waals surface area contributed by atoms with Crippen molar-refractivity contribution in [2.24, 2.45) is 5.92 Å². The number of anilines is 2. The molecule has 0 aliphatic carbocycles. The van der Waals surface area contributed by atoms with Gasteiger partial charge in [-0.2, -0.15) is 15.0 Å². The molecule has 160 valence electrons. The summed E-state index contributed by atoms with van der Waals surface area (Å²) in [6, 6.07) is 9.76. The molecule has 0 aliphatic rings. The zero-order valence-corrected chi connectivity index (χ0v) is 18.5. The van der Waals surface area contributed by atoms with Crippen LogP contribution in [0.1, 0.15) is 45.5 Å². The largest absolute Gasteiger partial charge is 0.394 e. The maximum Gasteiger partial charge on any atom is 0.241 e. The number of hydrogen-bond donors (Lipinski definition) is 3. The van der Waals surface area contributed by atoms with E-state index in [-0.39, 0.29) is 30.0 Å². The van der Waals surface area contributed by atoms with Gasteiger partial charge in [0, 0.05) is 6.42 Å². The molecule has 0 saturated heterocycles. The van der Waals surface area contributed by atoms with Crippen molar-refractivity contribution in [3.63, 3.8) is 0 Å². The summed E-state index contributed by atoms with van der Waals surface area (Å²) in [7, 11) is -3.54. The van der Waals surface area contributed by atoms with E-state index in [1.807, 2.05) is 30.3 Å². The van der Waals surface area contributed by atoms with E-state index in [0.717, 1.165) is 18.2 Å². The lowest BCUT2D eigenvalue weighted by atomic mass is 9.81. The van der Waals surface area contributed by atoms with Crippen LogP contribution in [0.2, 0.25) is 0 Å². The molecule has 0 fully saturated rings. The predicted octanol–water partition coefficient (Wildman–Crippen LogP) is 2.58. The summed E-state index contributed by atoms with van der Waals surface area (Å²) < 4.78 is 25.7. The van der Waals surface area contributed by atoms with Gasteiger partial charge in [0.15, 0.2) is 0 Å². The molecule has 9 heteroatoms. The first-order chi connectivity index (χ1) is 13.5. The molecule has 2 rings (SSSR count). The van der Waals surface area contributed by atoms with Gasteiger partial charge in [0.25, 0.3) is 0 Å². The number of rotatable bonds is 10. The van der Waals surface area contributed by atoms with Crippen molar-refractivity contribution >= 4 is 21.9 Å². The number of nitrogens with zero attached hydrogens (tertiary/aromatic N) is 3. The number of nitrogens with one attached hydrogen (secondary N) is 2. The number of sulfonamides is 1. The third-order valence-electron chi connectivity index (χ3n) is 4.42.